The Labute approximate surface area is 723 Å². The third-order valence-corrected chi connectivity index (χ3v) is 20.6. The highest BCUT2D eigenvalue weighted by molar-refractivity contribution is 7.47. The molecule has 0 heterocycles. The number of phosphoric ester groups is 2. The van der Waals surface area contributed by atoms with E-state index in [0.29, 0.717) is 25.7 Å². The van der Waals surface area contributed by atoms with Gasteiger partial charge in [-0.05, 0) is 161 Å². The topological polar surface area (TPSA) is 231 Å². The van der Waals surface area contributed by atoms with Crippen molar-refractivity contribution < 1.29 is 75.8 Å². The third kappa shape index (κ3) is 92.4. The number of esters is 3. The van der Waals surface area contributed by atoms with Crippen LogP contribution in [0.25, 0.3) is 0 Å². The largest absolute Gasteiger partial charge is 0.472 e. The molecule has 18 heteroatoms. The predicted molar refractivity (Wildman–Crippen MR) is 500 cm³/mol. The van der Waals surface area contributed by atoms with Gasteiger partial charge in [-0.15, -0.1) is 0 Å². The summed E-state index contributed by atoms with van der Waals surface area (Å²) in [6.45, 7) is 2.25. The molecule has 0 amide bonds. The van der Waals surface area contributed by atoms with Crippen molar-refractivity contribution in [2.45, 2.75) is 360 Å². The maximum absolute atomic E-state index is 13.0. The summed E-state index contributed by atoms with van der Waals surface area (Å²) in [6, 6.07) is 0. The van der Waals surface area contributed by atoms with Crippen molar-refractivity contribution in [1.82, 2.24) is 0 Å². The summed E-state index contributed by atoms with van der Waals surface area (Å²) < 4.78 is 61.3. The van der Waals surface area contributed by atoms with Gasteiger partial charge >= 0.3 is 33.6 Å². The highest BCUT2D eigenvalue weighted by Crippen LogP contribution is 2.45. The quantitative estimate of drug-likeness (QED) is 0.0146. The molecule has 0 fully saturated rings. The van der Waals surface area contributed by atoms with E-state index < -0.39 is 91.5 Å². The van der Waals surface area contributed by atoms with Crippen molar-refractivity contribution in [2.24, 2.45) is 0 Å². The smallest absolute Gasteiger partial charge is 0.463 e. The molecule has 0 radical (unpaired) electrons. The summed E-state index contributed by atoms with van der Waals surface area (Å²) >= 11 is 0. The molecule has 0 spiro atoms. The van der Waals surface area contributed by atoms with E-state index in [1.54, 1.807) is 0 Å². The third-order valence-electron chi connectivity index (χ3n) is 18.7. The van der Waals surface area contributed by atoms with Crippen LogP contribution in [0.2, 0.25) is 0 Å². The number of hydrogen-bond acceptors (Lipinski definition) is 14. The molecule has 0 bridgehead atoms. The summed E-state index contributed by atoms with van der Waals surface area (Å²) in [4.78, 5) is 58.9. The first-order valence-corrected chi connectivity index (χ1v) is 49.0. The van der Waals surface area contributed by atoms with E-state index in [1.807, 2.05) is 18.2 Å². The Morgan fingerprint density at radius 1 is 0.235 bits per heavy atom. The summed E-state index contributed by atoms with van der Waals surface area (Å²) in [5.41, 5.74) is 0. The fraction of sp³-hybridized carbons (Fsp3) is 0.614. The molecule has 0 aliphatic rings. The van der Waals surface area contributed by atoms with Crippen LogP contribution in [0.1, 0.15) is 342 Å². The monoisotopic (exact) mass is 1700 g/mol. The van der Waals surface area contributed by atoms with Crippen LogP contribution in [-0.2, 0) is 55.8 Å². The normalized spacial score (nSPS) is 14.8. The van der Waals surface area contributed by atoms with Crippen molar-refractivity contribution in [2.75, 3.05) is 39.6 Å². The maximum atomic E-state index is 13.0. The summed E-state index contributed by atoms with van der Waals surface area (Å²) in [5.74, 6) is -1.68. The van der Waals surface area contributed by atoms with Gasteiger partial charge in [-0.25, -0.2) is 9.13 Å². The fourth-order valence-corrected chi connectivity index (χ4v) is 13.4. The zero-order chi connectivity index (χ0) is 86.5. The van der Waals surface area contributed by atoms with Crippen LogP contribution in [0.3, 0.4) is 0 Å². The number of allylic oxidation sites excluding steroid dienone is 36. The molecular formula is C101H164O16P2. The number of aliphatic hydroxyl groups excluding tert-OH is 2. The van der Waals surface area contributed by atoms with Gasteiger partial charge in [0, 0.05) is 19.3 Å². The highest BCUT2D eigenvalue weighted by Gasteiger charge is 2.29. The average molecular weight is 1700 g/mol. The second-order valence-electron chi connectivity index (χ2n) is 30.0. The lowest BCUT2D eigenvalue weighted by Crippen LogP contribution is -2.29. The first-order chi connectivity index (χ1) is 58.2. The van der Waals surface area contributed by atoms with Crippen molar-refractivity contribution >= 4 is 33.6 Å². The molecule has 0 saturated heterocycles. The minimum atomic E-state index is -4.97. The number of hydrogen-bond donors (Lipinski definition) is 4. The first kappa shape index (κ1) is 113. The van der Waals surface area contributed by atoms with Crippen LogP contribution in [0.15, 0.2) is 219 Å². The number of ether oxygens (including phenoxy) is 3. The van der Waals surface area contributed by atoms with Crippen LogP contribution in [-0.4, -0.2) is 95.9 Å². The van der Waals surface area contributed by atoms with Crippen LogP contribution in [0, 0.1) is 0 Å². The van der Waals surface area contributed by atoms with Crippen LogP contribution < -0.4 is 0 Å². The van der Waals surface area contributed by atoms with Crippen molar-refractivity contribution in [1.29, 1.82) is 0 Å². The van der Waals surface area contributed by atoms with E-state index in [-0.39, 0.29) is 19.3 Å². The Balaban J connectivity index is 4.58. The molecule has 5 atom stereocenters. The Kier molecular flexibility index (Phi) is 86.4. The summed E-state index contributed by atoms with van der Waals surface area (Å²) in [6.07, 6.45) is 124. The average Bonchev–Trinajstić information content (AvgIpc) is 0.924. The molecule has 0 aromatic rings. The molecule has 119 heavy (non-hydrogen) atoms. The van der Waals surface area contributed by atoms with Crippen LogP contribution >= 0.6 is 15.6 Å². The summed E-state index contributed by atoms with van der Waals surface area (Å²) in [7, 11) is -9.85. The Bertz CT molecular complexity index is 3040. The van der Waals surface area contributed by atoms with E-state index in [1.165, 1.54) is 116 Å². The maximum Gasteiger partial charge on any atom is 0.472 e. The number of aliphatic hydroxyl groups is 2. The molecule has 5 unspecified atom stereocenters. The minimum absolute atomic E-state index is 0.0289. The lowest BCUT2D eigenvalue weighted by atomic mass is 10.0. The molecule has 0 aliphatic heterocycles. The van der Waals surface area contributed by atoms with Gasteiger partial charge < -0.3 is 34.2 Å². The van der Waals surface area contributed by atoms with Crippen molar-refractivity contribution in [3.63, 3.8) is 0 Å². The van der Waals surface area contributed by atoms with Crippen LogP contribution in [0.5, 0.6) is 0 Å². The van der Waals surface area contributed by atoms with E-state index >= 15 is 0 Å². The second-order valence-corrected chi connectivity index (χ2v) is 32.9. The van der Waals surface area contributed by atoms with Gasteiger partial charge in [0.1, 0.15) is 25.4 Å². The molecule has 0 aromatic carbocycles. The fourth-order valence-electron chi connectivity index (χ4n) is 11.8. The lowest BCUT2D eigenvalue weighted by Gasteiger charge is -2.21. The number of rotatable bonds is 85. The highest BCUT2D eigenvalue weighted by atomic mass is 31.2. The molecular weight excluding hydrogens is 1530 g/mol. The predicted octanol–water partition coefficient (Wildman–Crippen LogP) is 28.5. The van der Waals surface area contributed by atoms with Crippen LogP contribution in [0.4, 0.5) is 0 Å². The second kappa shape index (κ2) is 91.1. The van der Waals surface area contributed by atoms with E-state index in [9.17, 15) is 43.5 Å². The van der Waals surface area contributed by atoms with E-state index in [4.69, 9.17) is 32.3 Å². The minimum Gasteiger partial charge on any atom is -0.463 e. The molecule has 16 nitrogen and oxygen atoms in total. The van der Waals surface area contributed by atoms with Gasteiger partial charge in [-0.3, -0.25) is 32.5 Å². The van der Waals surface area contributed by atoms with Gasteiger partial charge in [0.2, 0.25) is 0 Å². The summed E-state index contributed by atoms with van der Waals surface area (Å²) in [5, 5.41) is 20.7. The van der Waals surface area contributed by atoms with Gasteiger partial charge in [0.15, 0.2) is 6.10 Å². The Hall–Kier alpha value is -6.13. The van der Waals surface area contributed by atoms with Gasteiger partial charge in [0.25, 0.3) is 0 Å². The molecule has 0 rings (SSSR count). The van der Waals surface area contributed by atoms with Crippen molar-refractivity contribution in [3.05, 3.63) is 219 Å². The first-order valence-electron chi connectivity index (χ1n) is 46.0. The molecule has 0 saturated carbocycles. The number of carbonyl (C=O) groups excluding carboxylic acids is 3. The van der Waals surface area contributed by atoms with E-state index in [2.05, 4.69) is 221 Å². The van der Waals surface area contributed by atoms with Gasteiger partial charge in [0.05, 0.1) is 26.4 Å². The molecule has 0 aliphatic carbocycles. The zero-order valence-electron chi connectivity index (χ0n) is 74.2. The number of carbonyl (C=O) groups is 3. The molecule has 674 valence electrons. The standard InChI is InChI=1S/C101H164O16P2/c1-4-7-10-13-16-19-22-25-28-31-34-36-38-40-42-44-45-46-47-48-49-51-53-54-56-58-61-63-66-69-72-75-78-81-84-87-99(104)111-90-96(102)91-113-118(107,108)114-92-97(103)93-115-119(109,110)116-95-98(117-101(106)89-86-83-80-77-74-71-68-65-60-33-30-27-24-21-18-15-12-9-6-3)94-112-100(105)88-85-82-79-76-73-70-67-64-62-59-57-55-52-50-43-41-39-37-35-32-29-26-23-20-17-14-11-8-5-2/h7-12,16-21,25-30,34-37,40-43,45-46,52,55,60,65,71,74,80,83,96-98,102-103H,4-6,13-15,22-24,31-33,38-39,44,47-51,53-54,56-59,61-64,66-70,72-73,75-79,81-82,84-95H2,1-3H3,(H,107,108)(H,109,110)/b10-7-,11-8-,12-9-,19-16-,20-17-,21-18-,28-25-,29-26-,30-27-,36-34-,37-35-,42-40-,43-41-,46-45-,55-52-,65-60-,74-71-,83-80-. The molecule has 4 N–H and O–H groups in total. The van der Waals surface area contributed by atoms with E-state index in [0.717, 1.165) is 161 Å². The number of unbranched alkanes of at least 4 members (excludes halogenated alkanes) is 26. The Morgan fingerprint density at radius 2 is 0.437 bits per heavy atom. The zero-order valence-corrected chi connectivity index (χ0v) is 76.0. The van der Waals surface area contributed by atoms with Gasteiger partial charge in [-0.2, -0.15) is 0 Å². The number of phosphoric acid groups is 2. The Morgan fingerprint density at radius 3 is 0.697 bits per heavy atom. The molecule has 0 aromatic heterocycles. The van der Waals surface area contributed by atoms with Crippen molar-refractivity contribution in [3.8, 4) is 0 Å². The SMILES string of the molecule is CC/C=C\C/C=C\C/C=C\C/C=C\C/C=C\C/C=C\CCCCCCCCCCCCCCCCCCC(=O)OCC(O)COP(=O)(O)OCC(O)COP(=O)(O)OCC(COC(=O)CCCCCCCCCCCC/C=C\C/C=C\C/C=C\C/C=C\C/C=C\C/C=C\CC)OC(=O)CC/C=C\C/C=C\C/C=C\C/C=C\C/C=C\C/C=C\CC. The lowest BCUT2D eigenvalue weighted by molar-refractivity contribution is -0.161. The van der Waals surface area contributed by atoms with Gasteiger partial charge in [-0.1, -0.05) is 381 Å².